The zero-order chi connectivity index (χ0) is 33.6. The number of hydrogen-bond acceptors (Lipinski definition) is 4. The van der Waals surface area contributed by atoms with E-state index in [0.717, 1.165) is 25.7 Å². The minimum atomic E-state index is 0.0191. The number of carbonyl (C=O) groups excluding carboxylic acids is 2. The second-order valence-electron chi connectivity index (χ2n) is 15.0. The van der Waals surface area contributed by atoms with Gasteiger partial charge in [-0.3, -0.25) is 0 Å². The lowest BCUT2D eigenvalue weighted by molar-refractivity contribution is 0.180. The zero-order valence-corrected chi connectivity index (χ0v) is 31.0. The van der Waals surface area contributed by atoms with E-state index in [1.54, 1.807) is 6.08 Å². The highest BCUT2D eigenvalue weighted by atomic mass is 16.1. The molecule has 2 aliphatic rings. The van der Waals surface area contributed by atoms with E-state index < -0.39 is 0 Å². The summed E-state index contributed by atoms with van der Waals surface area (Å²) in [6, 6.07) is 0.0191. The molecule has 0 aromatic heterocycles. The van der Waals surface area contributed by atoms with Crippen LogP contribution in [0.4, 0.5) is 0 Å². The summed E-state index contributed by atoms with van der Waals surface area (Å²) in [4.78, 5) is 30.4. The van der Waals surface area contributed by atoms with Crippen molar-refractivity contribution in [2.24, 2.45) is 33.7 Å². The van der Waals surface area contributed by atoms with Crippen LogP contribution in [0.5, 0.6) is 0 Å². The van der Waals surface area contributed by atoms with Crippen LogP contribution in [0.1, 0.15) is 200 Å². The van der Waals surface area contributed by atoms with E-state index in [2.05, 4.69) is 42.1 Å². The SMILES string of the molecule is CCCCCCCCCCC1C=CC(CCCCCCCCCN=C=O)C(/C2=C\CCCCCCCCC2N=C=O)C1CCCCC. The summed E-state index contributed by atoms with van der Waals surface area (Å²) in [5.74, 6) is 2.38. The standard InChI is InChI=1S/C43H74N2O2/c1-3-5-7-8-9-12-17-23-28-38-33-34-39(29-24-18-13-11-16-21-27-35-44-36-46)43(40(38)30-22-6-4-2)41-31-25-19-14-10-15-20-26-32-42(41)45-37-47/h31,33-34,38-40,42-43H,3-30,32,35H2,1-2H3/b41-31-. The Balaban J connectivity index is 2.21. The van der Waals surface area contributed by atoms with E-state index in [-0.39, 0.29) is 6.04 Å². The average molecular weight is 651 g/mol. The molecule has 0 N–H and O–H groups in total. The van der Waals surface area contributed by atoms with Crippen LogP contribution in [0.2, 0.25) is 0 Å². The third kappa shape index (κ3) is 18.5. The number of hydrogen-bond donors (Lipinski definition) is 0. The summed E-state index contributed by atoms with van der Waals surface area (Å²) in [6.45, 7) is 5.26. The quantitative estimate of drug-likeness (QED) is 0.0427. The minimum absolute atomic E-state index is 0.0191. The van der Waals surface area contributed by atoms with Crippen LogP contribution >= 0.6 is 0 Å². The Morgan fingerprint density at radius 1 is 0.596 bits per heavy atom. The van der Waals surface area contributed by atoms with Crippen molar-refractivity contribution in [1.82, 2.24) is 0 Å². The van der Waals surface area contributed by atoms with Gasteiger partial charge in [0.2, 0.25) is 12.2 Å². The van der Waals surface area contributed by atoms with Crippen LogP contribution in [0.3, 0.4) is 0 Å². The molecule has 0 radical (unpaired) electrons. The van der Waals surface area contributed by atoms with Crippen LogP contribution in [0.15, 0.2) is 33.8 Å². The first kappa shape index (κ1) is 41.4. The van der Waals surface area contributed by atoms with Gasteiger partial charge in [-0.1, -0.05) is 173 Å². The maximum atomic E-state index is 11.9. The topological polar surface area (TPSA) is 58.9 Å². The summed E-state index contributed by atoms with van der Waals surface area (Å²) in [7, 11) is 0. The number of isocyanates is 2. The van der Waals surface area contributed by atoms with Crippen molar-refractivity contribution in [2.75, 3.05) is 6.54 Å². The molecule has 2 aliphatic carbocycles. The summed E-state index contributed by atoms with van der Waals surface area (Å²) < 4.78 is 0. The molecule has 0 heterocycles. The van der Waals surface area contributed by atoms with Gasteiger partial charge in [-0.25, -0.2) is 14.6 Å². The van der Waals surface area contributed by atoms with Gasteiger partial charge in [0, 0.05) is 0 Å². The third-order valence-corrected chi connectivity index (χ3v) is 11.3. The van der Waals surface area contributed by atoms with Crippen molar-refractivity contribution in [2.45, 2.75) is 206 Å². The second kappa shape index (κ2) is 29.2. The van der Waals surface area contributed by atoms with Gasteiger partial charge in [0.15, 0.2) is 0 Å². The van der Waals surface area contributed by atoms with E-state index in [1.807, 2.05) is 6.08 Å². The molecular formula is C43H74N2O2. The molecule has 0 aromatic rings. The van der Waals surface area contributed by atoms with Gasteiger partial charge in [-0.2, -0.15) is 4.99 Å². The number of nitrogens with zero attached hydrogens (tertiary/aromatic N) is 2. The third-order valence-electron chi connectivity index (χ3n) is 11.3. The summed E-state index contributed by atoms with van der Waals surface area (Å²) in [5, 5.41) is 0. The first-order chi connectivity index (χ1) is 23.3. The lowest BCUT2D eigenvalue weighted by atomic mass is 9.62. The molecule has 0 aliphatic heterocycles. The Bertz CT molecular complexity index is 913. The lowest BCUT2D eigenvalue weighted by Gasteiger charge is -2.43. The first-order valence-electron chi connectivity index (χ1n) is 20.8. The molecule has 0 spiro atoms. The van der Waals surface area contributed by atoms with Crippen molar-refractivity contribution in [1.29, 1.82) is 0 Å². The van der Waals surface area contributed by atoms with Crippen molar-refractivity contribution in [3.8, 4) is 0 Å². The number of unbranched alkanes of at least 4 members (excludes halogenated alkanes) is 15. The predicted octanol–water partition coefficient (Wildman–Crippen LogP) is 13.4. The van der Waals surface area contributed by atoms with E-state index in [4.69, 9.17) is 0 Å². The van der Waals surface area contributed by atoms with E-state index in [0.29, 0.717) is 30.2 Å². The molecular weight excluding hydrogens is 576 g/mol. The van der Waals surface area contributed by atoms with Gasteiger partial charge < -0.3 is 0 Å². The summed E-state index contributed by atoms with van der Waals surface area (Å²) in [6.07, 6.45) is 48.7. The Labute approximate surface area is 291 Å². The molecule has 0 fully saturated rings. The molecule has 5 unspecified atom stereocenters. The predicted molar refractivity (Wildman–Crippen MR) is 201 cm³/mol. The van der Waals surface area contributed by atoms with Crippen LogP contribution in [0.25, 0.3) is 0 Å². The molecule has 5 atom stereocenters. The average Bonchev–Trinajstić information content (AvgIpc) is 3.13. The molecule has 2 rings (SSSR count). The van der Waals surface area contributed by atoms with Crippen molar-refractivity contribution in [3.63, 3.8) is 0 Å². The Morgan fingerprint density at radius 3 is 1.79 bits per heavy atom. The second-order valence-corrected chi connectivity index (χ2v) is 15.0. The molecule has 47 heavy (non-hydrogen) atoms. The van der Waals surface area contributed by atoms with E-state index >= 15 is 0 Å². The molecule has 268 valence electrons. The zero-order valence-electron chi connectivity index (χ0n) is 31.0. The van der Waals surface area contributed by atoms with Gasteiger partial charge in [0.05, 0.1) is 12.6 Å². The Morgan fingerprint density at radius 2 is 1.13 bits per heavy atom. The monoisotopic (exact) mass is 651 g/mol. The normalized spacial score (nSPS) is 24.8. The van der Waals surface area contributed by atoms with Crippen molar-refractivity contribution >= 4 is 12.2 Å². The van der Waals surface area contributed by atoms with Gasteiger partial charge >= 0.3 is 0 Å². The van der Waals surface area contributed by atoms with Gasteiger partial charge in [-0.05, 0) is 74.2 Å². The van der Waals surface area contributed by atoms with Crippen LogP contribution < -0.4 is 0 Å². The van der Waals surface area contributed by atoms with E-state index in [1.165, 1.54) is 166 Å². The fraction of sp³-hybridized carbons (Fsp3) is 0.860. The molecule has 0 amide bonds. The fourth-order valence-electron chi connectivity index (χ4n) is 8.57. The van der Waals surface area contributed by atoms with Gasteiger partial charge in [0.25, 0.3) is 0 Å². The first-order valence-corrected chi connectivity index (χ1v) is 20.8. The van der Waals surface area contributed by atoms with E-state index in [9.17, 15) is 9.59 Å². The smallest absolute Gasteiger partial charge is 0.211 e. The van der Waals surface area contributed by atoms with Crippen molar-refractivity contribution < 1.29 is 9.59 Å². The summed E-state index contributed by atoms with van der Waals surface area (Å²) in [5.41, 5.74) is 1.52. The highest BCUT2D eigenvalue weighted by Crippen LogP contribution is 2.47. The highest BCUT2D eigenvalue weighted by molar-refractivity contribution is 5.36. The lowest BCUT2D eigenvalue weighted by Crippen LogP contribution is -2.36. The maximum Gasteiger partial charge on any atom is 0.235 e. The number of rotatable bonds is 25. The molecule has 0 saturated carbocycles. The molecule has 0 saturated heterocycles. The summed E-state index contributed by atoms with van der Waals surface area (Å²) >= 11 is 0. The maximum absolute atomic E-state index is 11.9. The van der Waals surface area contributed by atoms with Crippen LogP contribution in [0, 0.1) is 23.7 Å². The minimum Gasteiger partial charge on any atom is -0.211 e. The highest BCUT2D eigenvalue weighted by Gasteiger charge is 2.39. The number of allylic oxidation sites excluding steroid dienone is 3. The largest absolute Gasteiger partial charge is 0.235 e. The van der Waals surface area contributed by atoms with Gasteiger partial charge in [-0.15, -0.1) is 0 Å². The Kier molecular flexibility index (Phi) is 25.7. The van der Waals surface area contributed by atoms with Crippen LogP contribution in [-0.4, -0.2) is 24.7 Å². The molecule has 4 nitrogen and oxygen atoms in total. The Hall–Kier alpha value is -1.76. The fourth-order valence-corrected chi connectivity index (χ4v) is 8.57. The van der Waals surface area contributed by atoms with Crippen LogP contribution in [-0.2, 0) is 9.59 Å². The molecule has 0 bridgehead atoms. The molecule has 4 heteroatoms. The number of aliphatic imine (C=N–C) groups is 2. The van der Waals surface area contributed by atoms with Crippen molar-refractivity contribution in [3.05, 3.63) is 23.8 Å². The molecule has 0 aromatic carbocycles. The van der Waals surface area contributed by atoms with Gasteiger partial charge in [0.1, 0.15) is 0 Å².